The summed E-state index contributed by atoms with van der Waals surface area (Å²) < 4.78 is 5.36. The zero-order valence-electron chi connectivity index (χ0n) is 8.35. The van der Waals surface area contributed by atoms with Crippen molar-refractivity contribution in [2.75, 3.05) is 13.7 Å². The summed E-state index contributed by atoms with van der Waals surface area (Å²) in [5.74, 6) is 0.578. The molecule has 2 atom stereocenters. The van der Waals surface area contributed by atoms with Gasteiger partial charge in [-0.2, -0.15) is 0 Å². The fourth-order valence-corrected chi connectivity index (χ4v) is 1.49. The number of rotatable bonds is 5. The summed E-state index contributed by atoms with van der Waals surface area (Å²) in [4.78, 5) is 0. The van der Waals surface area contributed by atoms with E-state index in [0.29, 0.717) is 18.1 Å². The van der Waals surface area contributed by atoms with Gasteiger partial charge in [0, 0.05) is 13.2 Å². The Morgan fingerprint density at radius 1 is 1.27 bits per heavy atom. The average Bonchev–Trinajstić information content (AvgIpc) is 1.88. The Labute approximate surface area is 70.3 Å². The van der Waals surface area contributed by atoms with Crippen LogP contribution >= 0.6 is 0 Å². The van der Waals surface area contributed by atoms with Crippen molar-refractivity contribution < 1.29 is 4.74 Å². The number of hydrogen-bond donors (Lipinski definition) is 1. The highest BCUT2D eigenvalue weighted by Crippen LogP contribution is 2.09. The van der Waals surface area contributed by atoms with Crippen molar-refractivity contribution >= 4 is 0 Å². The van der Waals surface area contributed by atoms with Crippen LogP contribution in [0.15, 0.2) is 0 Å². The summed E-state index contributed by atoms with van der Waals surface area (Å²) in [6, 6.07) is 0.449. The molecule has 0 aliphatic carbocycles. The van der Waals surface area contributed by atoms with Gasteiger partial charge in [-0.15, -0.1) is 0 Å². The molecule has 0 spiro atoms. The Bertz CT molecular complexity index is 93.6. The minimum atomic E-state index is 0.329. The predicted octanol–water partition coefficient (Wildman–Crippen LogP) is 1.66. The topological polar surface area (TPSA) is 21.3 Å². The highest BCUT2D eigenvalue weighted by atomic mass is 16.5. The molecule has 0 radical (unpaired) electrons. The first-order valence-corrected chi connectivity index (χ1v) is 4.39. The molecule has 0 aromatic rings. The lowest BCUT2D eigenvalue weighted by Crippen LogP contribution is -2.41. The van der Waals surface area contributed by atoms with Crippen LogP contribution in [0.2, 0.25) is 0 Å². The molecular weight excluding hydrogens is 138 g/mol. The Morgan fingerprint density at radius 3 is 2.09 bits per heavy atom. The summed E-state index contributed by atoms with van der Waals surface area (Å²) in [6.07, 6.45) is 0.329. The molecule has 68 valence electrons. The zero-order chi connectivity index (χ0) is 8.85. The van der Waals surface area contributed by atoms with Crippen molar-refractivity contribution in [3.05, 3.63) is 0 Å². The van der Waals surface area contributed by atoms with Crippen LogP contribution in [0.3, 0.4) is 0 Å². The molecule has 2 heteroatoms. The number of ether oxygens (including phenoxy) is 1. The van der Waals surface area contributed by atoms with Gasteiger partial charge in [-0.25, -0.2) is 0 Å². The first-order chi connectivity index (χ1) is 5.13. The minimum absolute atomic E-state index is 0.329. The van der Waals surface area contributed by atoms with Crippen LogP contribution in [-0.4, -0.2) is 25.8 Å². The molecule has 0 saturated carbocycles. The molecule has 0 fully saturated rings. The van der Waals surface area contributed by atoms with Crippen molar-refractivity contribution in [1.29, 1.82) is 0 Å². The van der Waals surface area contributed by atoms with E-state index < -0.39 is 0 Å². The largest absolute Gasteiger partial charge is 0.380 e. The third-order valence-electron chi connectivity index (χ3n) is 1.95. The van der Waals surface area contributed by atoms with Gasteiger partial charge in [0.25, 0.3) is 0 Å². The average molecular weight is 159 g/mol. The Kier molecular flexibility index (Phi) is 5.51. The van der Waals surface area contributed by atoms with Gasteiger partial charge < -0.3 is 10.1 Å². The van der Waals surface area contributed by atoms with Crippen LogP contribution in [0.25, 0.3) is 0 Å². The molecule has 1 N–H and O–H groups in total. The Hall–Kier alpha value is -0.0800. The molecule has 0 saturated heterocycles. The van der Waals surface area contributed by atoms with Gasteiger partial charge in [-0.1, -0.05) is 20.8 Å². The van der Waals surface area contributed by atoms with Gasteiger partial charge >= 0.3 is 0 Å². The molecule has 11 heavy (non-hydrogen) atoms. The van der Waals surface area contributed by atoms with E-state index in [1.165, 1.54) is 0 Å². The molecule has 0 heterocycles. The highest BCUT2D eigenvalue weighted by Gasteiger charge is 2.18. The second kappa shape index (κ2) is 5.56. The Balaban J connectivity index is 3.81. The molecule has 0 aromatic carbocycles. The first kappa shape index (κ1) is 10.9. The summed E-state index contributed by atoms with van der Waals surface area (Å²) in [5.41, 5.74) is 0. The van der Waals surface area contributed by atoms with Crippen LogP contribution in [0.5, 0.6) is 0 Å². The SMILES string of the molecule is CCNC(C)C(OC)C(C)C. The van der Waals surface area contributed by atoms with Crippen molar-refractivity contribution in [3.63, 3.8) is 0 Å². The third-order valence-corrected chi connectivity index (χ3v) is 1.95. The quantitative estimate of drug-likeness (QED) is 0.658. The van der Waals surface area contributed by atoms with E-state index >= 15 is 0 Å². The molecule has 0 bridgehead atoms. The van der Waals surface area contributed by atoms with E-state index in [1.54, 1.807) is 7.11 Å². The standard InChI is InChI=1S/C9H21NO/c1-6-10-8(4)9(11-5)7(2)3/h7-10H,6H2,1-5H3. The predicted molar refractivity (Wildman–Crippen MR) is 48.8 cm³/mol. The number of methoxy groups -OCH3 is 1. The summed E-state index contributed by atoms with van der Waals surface area (Å²) in [6.45, 7) is 9.65. The van der Waals surface area contributed by atoms with E-state index in [2.05, 4.69) is 33.0 Å². The highest BCUT2D eigenvalue weighted by molar-refractivity contribution is 4.74. The fraction of sp³-hybridized carbons (Fsp3) is 1.00. The third kappa shape index (κ3) is 3.73. The van der Waals surface area contributed by atoms with Crippen molar-refractivity contribution in [2.24, 2.45) is 5.92 Å². The Morgan fingerprint density at radius 2 is 1.82 bits per heavy atom. The number of hydrogen-bond acceptors (Lipinski definition) is 2. The van der Waals surface area contributed by atoms with Crippen molar-refractivity contribution in [2.45, 2.75) is 39.8 Å². The maximum Gasteiger partial charge on any atom is 0.0744 e. The zero-order valence-corrected chi connectivity index (χ0v) is 8.35. The lowest BCUT2D eigenvalue weighted by Gasteiger charge is -2.26. The van der Waals surface area contributed by atoms with Crippen LogP contribution in [0.1, 0.15) is 27.7 Å². The van der Waals surface area contributed by atoms with E-state index in [0.717, 1.165) is 6.54 Å². The van der Waals surface area contributed by atoms with Gasteiger partial charge in [0.2, 0.25) is 0 Å². The van der Waals surface area contributed by atoms with E-state index in [4.69, 9.17) is 4.74 Å². The molecule has 2 nitrogen and oxygen atoms in total. The number of nitrogens with one attached hydrogen (secondary N) is 1. The van der Waals surface area contributed by atoms with E-state index in [1.807, 2.05) is 0 Å². The van der Waals surface area contributed by atoms with Crippen LogP contribution in [-0.2, 0) is 4.74 Å². The summed E-state index contributed by atoms with van der Waals surface area (Å²) in [5, 5.41) is 3.35. The maximum absolute atomic E-state index is 5.36. The van der Waals surface area contributed by atoms with Crippen LogP contribution < -0.4 is 5.32 Å². The second-order valence-corrected chi connectivity index (χ2v) is 3.29. The normalized spacial score (nSPS) is 16.9. The fourth-order valence-electron chi connectivity index (χ4n) is 1.49. The minimum Gasteiger partial charge on any atom is -0.380 e. The van der Waals surface area contributed by atoms with E-state index in [9.17, 15) is 0 Å². The summed E-state index contributed by atoms with van der Waals surface area (Å²) >= 11 is 0. The van der Waals surface area contributed by atoms with Crippen molar-refractivity contribution in [1.82, 2.24) is 5.32 Å². The molecular formula is C9H21NO. The molecule has 0 amide bonds. The molecule has 0 aromatic heterocycles. The van der Waals surface area contributed by atoms with Gasteiger partial charge in [-0.05, 0) is 19.4 Å². The smallest absolute Gasteiger partial charge is 0.0744 e. The molecule has 0 rings (SSSR count). The van der Waals surface area contributed by atoms with Crippen molar-refractivity contribution in [3.8, 4) is 0 Å². The summed E-state index contributed by atoms with van der Waals surface area (Å²) in [7, 11) is 1.78. The first-order valence-electron chi connectivity index (χ1n) is 4.39. The monoisotopic (exact) mass is 159 g/mol. The van der Waals surface area contributed by atoms with Gasteiger partial charge in [0.05, 0.1) is 6.10 Å². The molecule has 2 unspecified atom stereocenters. The van der Waals surface area contributed by atoms with Gasteiger partial charge in [-0.3, -0.25) is 0 Å². The molecule has 0 aliphatic rings. The van der Waals surface area contributed by atoms with Gasteiger partial charge in [0.1, 0.15) is 0 Å². The van der Waals surface area contributed by atoms with Gasteiger partial charge in [0.15, 0.2) is 0 Å². The lowest BCUT2D eigenvalue weighted by atomic mass is 10.0. The van der Waals surface area contributed by atoms with E-state index in [-0.39, 0.29) is 0 Å². The lowest BCUT2D eigenvalue weighted by molar-refractivity contribution is 0.0388. The molecule has 0 aliphatic heterocycles. The number of likely N-dealkylation sites (N-methyl/N-ethyl adjacent to an activating group) is 1. The second-order valence-electron chi connectivity index (χ2n) is 3.29. The van der Waals surface area contributed by atoms with Crippen LogP contribution in [0.4, 0.5) is 0 Å². The van der Waals surface area contributed by atoms with Crippen LogP contribution in [0, 0.1) is 5.92 Å². The maximum atomic E-state index is 5.36.